The summed E-state index contributed by atoms with van der Waals surface area (Å²) in [5.74, 6) is 0. The molecule has 1 aromatic rings. The largest absolute Gasteiger partial charge is 0.398 e. The molecule has 0 spiro atoms. The van der Waals surface area contributed by atoms with Gasteiger partial charge >= 0.3 is 0 Å². The van der Waals surface area contributed by atoms with E-state index in [0.29, 0.717) is 5.69 Å². The molecular weight excluding hydrogens is 248 g/mol. The van der Waals surface area contributed by atoms with Crippen LogP contribution in [0, 0.1) is 6.92 Å². The molecule has 0 saturated heterocycles. The van der Waals surface area contributed by atoms with E-state index in [1.165, 1.54) is 10.4 Å². The molecular formula is C13H22N2O2S. The number of rotatable bonds is 5. The molecule has 0 radical (unpaired) electrons. The van der Waals surface area contributed by atoms with Gasteiger partial charge in [0.2, 0.25) is 10.0 Å². The Kier molecular flexibility index (Phi) is 4.76. The van der Waals surface area contributed by atoms with E-state index in [4.69, 9.17) is 5.73 Å². The Morgan fingerprint density at radius 1 is 1.28 bits per heavy atom. The summed E-state index contributed by atoms with van der Waals surface area (Å²) < 4.78 is 26.3. The number of benzene rings is 1. The lowest BCUT2D eigenvalue weighted by Gasteiger charge is -2.25. The van der Waals surface area contributed by atoms with Crippen LogP contribution in [0.4, 0.5) is 5.69 Å². The SMILES string of the molecule is CCC(CC)N(C)S(=O)(=O)c1ccc(C)c(N)c1. The third kappa shape index (κ3) is 2.84. The molecule has 102 valence electrons. The second-order valence-electron chi connectivity index (χ2n) is 4.51. The normalized spacial score (nSPS) is 12.3. The topological polar surface area (TPSA) is 63.4 Å². The first-order valence-electron chi connectivity index (χ1n) is 6.18. The fourth-order valence-electron chi connectivity index (χ4n) is 1.94. The first kappa shape index (κ1) is 15.0. The van der Waals surface area contributed by atoms with Crippen molar-refractivity contribution >= 4 is 15.7 Å². The van der Waals surface area contributed by atoms with Crippen LogP contribution in [0.2, 0.25) is 0 Å². The van der Waals surface area contributed by atoms with Gasteiger partial charge in [-0.25, -0.2) is 8.42 Å². The van der Waals surface area contributed by atoms with Crippen molar-refractivity contribution in [3.8, 4) is 0 Å². The minimum Gasteiger partial charge on any atom is -0.398 e. The number of nitrogens with two attached hydrogens (primary N) is 1. The Morgan fingerprint density at radius 2 is 1.83 bits per heavy atom. The molecule has 5 heteroatoms. The van der Waals surface area contributed by atoms with Crippen molar-refractivity contribution in [1.29, 1.82) is 0 Å². The van der Waals surface area contributed by atoms with Gasteiger partial charge in [0.25, 0.3) is 0 Å². The Hall–Kier alpha value is -1.07. The summed E-state index contributed by atoms with van der Waals surface area (Å²) >= 11 is 0. The van der Waals surface area contributed by atoms with Crippen molar-refractivity contribution in [3.05, 3.63) is 23.8 Å². The maximum absolute atomic E-state index is 12.4. The van der Waals surface area contributed by atoms with Gasteiger partial charge in [0.05, 0.1) is 4.90 Å². The number of hydrogen-bond acceptors (Lipinski definition) is 3. The van der Waals surface area contributed by atoms with Crippen LogP contribution < -0.4 is 5.73 Å². The van der Waals surface area contributed by atoms with Crippen LogP contribution in [0.1, 0.15) is 32.3 Å². The number of aryl methyl sites for hydroxylation is 1. The molecule has 0 fully saturated rings. The zero-order valence-electron chi connectivity index (χ0n) is 11.5. The van der Waals surface area contributed by atoms with Gasteiger partial charge in [-0.1, -0.05) is 19.9 Å². The van der Waals surface area contributed by atoms with Crippen molar-refractivity contribution in [2.75, 3.05) is 12.8 Å². The minimum atomic E-state index is -3.45. The van der Waals surface area contributed by atoms with Crippen molar-refractivity contribution in [3.63, 3.8) is 0 Å². The van der Waals surface area contributed by atoms with E-state index in [2.05, 4.69) is 0 Å². The average Bonchev–Trinajstić information content (AvgIpc) is 2.33. The van der Waals surface area contributed by atoms with E-state index in [9.17, 15) is 8.42 Å². The second kappa shape index (κ2) is 5.71. The smallest absolute Gasteiger partial charge is 0.243 e. The lowest BCUT2D eigenvalue weighted by atomic mass is 10.2. The second-order valence-corrected chi connectivity index (χ2v) is 6.51. The molecule has 0 aliphatic rings. The summed E-state index contributed by atoms with van der Waals surface area (Å²) in [6, 6.07) is 4.91. The summed E-state index contributed by atoms with van der Waals surface area (Å²) in [7, 11) is -1.82. The molecule has 1 aromatic carbocycles. The summed E-state index contributed by atoms with van der Waals surface area (Å²) in [5.41, 5.74) is 7.17. The van der Waals surface area contributed by atoms with Crippen molar-refractivity contribution in [2.45, 2.75) is 44.6 Å². The molecule has 0 heterocycles. The van der Waals surface area contributed by atoms with Crippen molar-refractivity contribution in [2.24, 2.45) is 0 Å². The zero-order valence-corrected chi connectivity index (χ0v) is 12.3. The van der Waals surface area contributed by atoms with Crippen LogP contribution in [0.3, 0.4) is 0 Å². The Labute approximate surface area is 110 Å². The first-order valence-corrected chi connectivity index (χ1v) is 7.62. The molecule has 1 rings (SSSR count). The van der Waals surface area contributed by atoms with E-state index in [1.807, 2.05) is 20.8 Å². The molecule has 0 unspecified atom stereocenters. The molecule has 0 aliphatic heterocycles. The number of nitrogens with zero attached hydrogens (tertiary/aromatic N) is 1. The van der Waals surface area contributed by atoms with Gasteiger partial charge in [-0.15, -0.1) is 0 Å². The van der Waals surface area contributed by atoms with Crippen LogP contribution in [0.25, 0.3) is 0 Å². The van der Waals surface area contributed by atoms with Gasteiger partial charge in [0, 0.05) is 18.8 Å². The highest BCUT2D eigenvalue weighted by Crippen LogP contribution is 2.22. The van der Waals surface area contributed by atoms with Gasteiger partial charge in [0.15, 0.2) is 0 Å². The number of nitrogen functional groups attached to an aromatic ring is 1. The van der Waals surface area contributed by atoms with Gasteiger partial charge in [0.1, 0.15) is 0 Å². The Balaban J connectivity index is 3.16. The molecule has 0 amide bonds. The standard InChI is InChI=1S/C13H22N2O2S/c1-5-11(6-2)15(4)18(16,17)12-8-7-10(3)13(14)9-12/h7-9,11H,5-6,14H2,1-4H3. The predicted octanol–water partition coefficient (Wildman–Crippen LogP) is 2.39. The van der Waals surface area contributed by atoms with Crippen LogP contribution >= 0.6 is 0 Å². The summed E-state index contributed by atoms with van der Waals surface area (Å²) in [4.78, 5) is 0.264. The number of anilines is 1. The van der Waals surface area contributed by atoms with E-state index in [0.717, 1.165) is 18.4 Å². The fourth-order valence-corrected chi connectivity index (χ4v) is 3.48. The lowest BCUT2D eigenvalue weighted by molar-refractivity contribution is 0.349. The maximum atomic E-state index is 12.4. The molecule has 0 aliphatic carbocycles. The molecule has 2 N–H and O–H groups in total. The quantitative estimate of drug-likeness (QED) is 0.836. The molecule has 0 saturated carbocycles. The predicted molar refractivity (Wildman–Crippen MR) is 74.9 cm³/mol. The van der Waals surface area contributed by atoms with E-state index >= 15 is 0 Å². The van der Waals surface area contributed by atoms with Crippen molar-refractivity contribution in [1.82, 2.24) is 4.31 Å². The Morgan fingerprint density at radius 3 is 2.28 bits per heavy atom. The van der Waals surface area contributed by atoms with Crippen LogP contribution in [-0.2, 0) is 10.0 Å². The Bertz CT molecular complexity index is 508. The first-order chi connectivity index (χ1) is 8.34. The number of sulfonamides is 1. The minimum absolute atomic E-state index is 0.0255. The fraction of sp³-hybridized carbons (Fsp3) is 0.538. The highest BCUT2D eigenvalue weighted by atomic mass is 32.2. The third-order valence-corrected chi connectivity index (χ3v) is 5.29. The summed E-state index contributed by atoms with van der Waals surface area (Å²) in [5, 5.41) is 0. The monoisotopic (exact) mass is 270 g/mol. The van der Waals surface area contributed by atoms with Gasteiger partial charge in [-0.05, 0) is 37.5 Å². The zero-order chi connectivity index (χ0) is 13.9. The van der Waals surface area contributed by atoms with Crippen LogP contribution in [-0.4, -0.2) is 25.8 Å². The molecule has 18 heavy (non-hydrogen) atoms. The van der Waals surface area contributed by atoms with Crippen LogP contribution in [0.15, 0.2) is 23.1 Å². The molecule has 0 aromatic heterocycles. The van der Waals surface area contributed by atoms with E-state index < -0.39 is 10.0 Å². The van der Waals surface area contributed by atoms with E-state index in [-0.39, 0.29) is 10.9 Å². The molecule has 0 bridgehead atoms. The summed E-state index contributed by atoms with van der Waals surface area (Å²) in [6.07, 6.45) is 1.60. The van der Waals surface area contributed by atoms with Gasteiger partial charge < -0.3 is 5.73 Å². The highest BCUT2D eigenvalue weighted by Gasteiger charge is 2.26. The molecule has 4 nitrogen and oxygen atoms in total. The van der Waals surface area contributed by atoms with Gasteiger partial charge in [-0.3, -0.25) is 0 Å². The molecule has 0 atom stereocenters. The lowest BCUT2D eigenvalue weighted by Crippen LogP contribution is -2.36. The average molecular weight is 270 g/mol. The third-order valence-electron chi connectivity index (χ3n) is 3.38. The number of hydrogen-bond donors (Lipinski definition) is 1. The summed E-state index contributed by atoms with van der Waals surface area (Å²) in [6.45, 7) is 5.84. The maximum Gasteiger partial charge on any atom is 0.243 e. The van der Waals surface area contributed by atoms with Crippen LogP contribution in [0.5, 0.6) is 0 Å². The van der Waals surface area contributed by atoms with E-state index in [1.54, 1.807) is 19.2 Å². The van der Waals surface area contributed by atoms with Crippen molar-refractivity contribution < 1.29 is 8.42 Å². The highest BCUT2D eigenvalue weighted by molar-refractivity contribution is 7.89. The van der Waals surface area contributed by atoms with Gasteiger partial charge in [-0.2, -0.15) is 4.31 Å².